The quantitative estimate of drug-likeness (QED) is 0.918. The Morgan fingerprint density at radius 3 is 2.79 bits per heavy atom. The van der Waals surface area contributed by atoms with Crippen LogP contribution in [0.2, 0.25) is 0 Å². The Kier molecular flexibility index (Phi) is 4.42. The van der Waals surface area contributed by atoms with Crippen LogP contribution in [-0.4, -0.2) is 44.2 Å². The summed E-state index contributed by atoms with van der Waals surface area (Å²) in [4.78, 5) is 26.5. The van der Waals surface area contributed by atoms with Crippen LogP contribution < -0.4 is 5.32 Å². The average molecular weight is 329 g/mol. The number of carbonyl (C=O) groups is 2. The van der Waals surface area contributed by atoms with Crippen LogP contribution in [0.4, 0.5) is 0 Å². The van der Waals surface area contributed by atoms with Gasteiger partial charge in [0.05, 0.1) is 18.8 Å². The Hall–Kier alpha value is -2.57. The molecule has 7 heteroatoms. The van der Waals surface area contributed by atoms with Crippen molar-refractivity contribution in [2.45, 2.75) is 26.9 Å². The monoisotopic (exact) mass is 329 g/mol. The van der Waals surface area contributed by atoms with E-state index in [4.69, 9.17) is 0 Å². The molecule has 3 heterocycles. The fourth-order valence-corrected chi connectivity index (χ4v) is 2.78. The summed E-state index contributed by atoms with van der Waals surface area (Å²) in [5.41, 5.74) is 1.97. The van der Waals surface area contributed by atoms with Crippen LogP contribution in [0.3, 0.4) is 0 Å². The predicted molar refractivity (Wildman–Crippen MR) is 89.6 cm³/mol. The zero-order chi connectivity index (χ0) is 17.3. The van der Waals surface area contributed by atoms with Gasteiger partial charge in [-0.1, -0.05) is 13.8 Å². The van der Waals surface area contributed by atoms with Crippen molar-refractivity contribution in [3.8, 4) is 0 Å². The number of aromatic nitrogens is 3. The lowest BCUT2D eigenvalue weighted by Crippen LogP contribution is -2.39. The number of nitrogens with zero attached hydrogens (tertiary/aromatic N) is 4. The van der Waals surface area contributed by atoms with Crippen LogP contribution in [0.25, 0.3) is 0 Å². The highest BCUT2D eigenvalue weighted by Crippen LogP contribution is 2.16. The Bertz CT molecular complexity index is 759. The van der Waals surface area contributed by atoms with Crippen molar-refractivity contribution in [3.63, 3.8) is 0 Å². The summed E-state index contributed by atoms with van der Waals surface area (Å²) in [6.07, 6.45) is 1.86. The smallest absolute Gasteiger partial charge is 0.271 e. The number of fused-ring (bicyclic) bond motifs is 1. The Morgan fingerprint density at radius 2 is 2.12 bits per heavy atom. The van der Waals surface area contributed by atoms with Gasteiger partial charge in [0.2, 0.25) is 0 Å². The van der Waals surface area contributed by atoms with E-state index in [9.17, 15) is 9.59 Å². The average Bonchev–Trinajstić information content (AvgIpc) is 3.17. The molecule has 3 rings (SSSR count). The number of rotatable bonds is 4. The van der Waals surface area contributed by atoms with Crippen molar-refractivity contribution in [1.82, 2.24) is 24.6 Å². The van der Waals surface area contributed by atoms with Crippen LogP contribution in [0.5, 0.6) is 0 Å². The lowest BCUT2D eigenvalue weighted by Gasteiger charge is -2.27. The third-order valence-corrected chi connectivity index (χ3v) is 4.15. The summed E-state index contributed by atoms with van der Waals surface area (Å²) < 4.78 is 3.64. The maximum atomic E-state index is 12.6. The molecule has 0 saturated carbocycles. The van der Waals surface area contributed by atoms with Crippen molar-refractivity contribution in [3.05, 3.63) is 41.5 Å². The van der Waals surface area contributed by atoms with Gasteiger partial charge in [0.15, 0.2) is 5.69 Å². The molecule has 0 aliphatic carbocycles. The van der Waals surface area contributed by atoms with E-state index in [-0.39, 0.29) is 11.8 Å². The van der Waals surface area contributed by atoms with E-state index in [1.165, 1.54) is 0 Å². The molecular weight excluding hydrogens is 306 g/mol. The van der Waals surface area contributed by atoms with Gasteiger partial charge >= 0.3 is 0 Å². The maximum Gasteiger partial charge on any atom is 0.271 e. The molecule has 1 N–H and O–H groups in total. The van der Waals surface area contributed by atoms with Crippen molar-refractivity contribution >= 4 is 11.8 Å². The summed E-state index contributed by atoms with van der Waals surface area (Å²) in [5, 5.41) is 7.24. The minimum absolute atomic E-state index is 0.000703. The second-order valence-corrected chi connectivity index (χ2v) is 6.58. The summed E-state index contributed by atoms with van der Waals surface area (Å²) in [6.45, 7) is 6.37. The SMILES string of the molecule is CC(C)CNC(=O)c1cc2n(n1)CCN(C(=O)c1cccn1C)C2. The molecule has 0 atom stereocenters. The van der Waals surface area contributed by atoms with E-state index in [0.717, 1.165) is 5.69 Å². The van der Waals surface area contributed by atoms with E-state index in [1.807, 2.05) is 48.5 Å². The summed E-state index contributed by atoms with van der Waals surface area (Å²) >= 11 is 0. The van der Waals surface area contributed by atoms with Gasteiger partial charge in [0, 0.05) is 26.3 Å². The van der Waals surface area contributed by atoms with Gasteiger partial charge in [0.25, 0.3) is 11.8 Å². The molecule has 24 heavy (non-hydrogen) atoms. The standard InChI is InChI=1S/C17H23N5O2/c1-12(2)10-18-16(23)14-9-13-11-21(7-8-22(13)19-14)17(24)15-5-4-6-20(15)3/h4-6,9,12H,7-8,10-11H2,1-3H3,(H,18,23). The van der Waals surface area contributed by atoms with Gasteiger partial charge in [0.1, 0.15) is 5.69 Å². The molecule has 2 aromatic rings. The lowest BCUT2D eigenvalue weighted by molar-refractivity contribution is 0.0695. The van der Waals surface area contributed by atoms with Gasteiger partial charge in [-0.2, -0.15) is 5.10 Å². The van der Waals surface area contributed by atoms with E-state index in [1.54, 1.807) is 11.0 Å². The number of carbonyl (C=O) groups excluding carboxylic acids is 2. The second-order valence-electron chi connectivity index (χ2n) is 6.58. The number of hydrogen-bond acceptors (Lipinski definition) is 3. The van der Waals surface area contributed by atoms with Crippen molar-refractivity contribution in [2.75, 3.05) is 13.1 Å². The lowest BCUT2D eigenvalue weighted by atomic mass is 10.2. The number of aryl methyl sites for hydroxylation is 1. The van der Waals surface area contributed by atoms with Crippen LogP contribution in [0.15, 0.2) is 24.4 Å². The van der Waals surface area contributed by atoms with E-state index in [2.05, 4.69) is 10.4 Å². The molecule has 2 aromatic heterocycles. The summed E-state index contributed by atoms with van der Waals surface area (Å²) in [6, 6.07) is 5.46. The largest absolute Gasteiger partial charge is 0.350 e. The minimum Gasteiger partial charge on any atom is -0.350 e. The third-order valence-electron chi connectivity index (χ3n) is 4.15. The summed E-state index contributed by atoms with van der Waals surface area (Å²) in [5.74, 6) is 0.233. The molecule has 2 amide bonds. The van der Waals surface area contributed by atoms with Crippen LogP contribution in [-0.2, 0) is 20.1 Å². The molecule has 7 nitrogen and oxygen atoms in total. The molecular formula is C17H23N5O2. The van der Waals surface area contributed by atoms with Crippen molar-refractivity contribution < 1.29 is 9.59 Å². The van der Waals surface area contributed by atoms with Crippen LogP contribution in [0.1, 0.15) is 40.5 Å². The van der Waals surface area contributed by atoms with Crippen LogP contribution >= 0.6 is 0 Å². The molecule has 0 unspecified atom stereocenters. The highest BCUT2D eigenvalue weighted by molar-refractivity contribution is 5.93. The van der Waals surface area contributed by atoms with Crippen LogP contribution in [0, 0.1) is 5.92 Å². The molecule has 1 aliphatic heterocycles. The van der Waals surface area contributed by atoms with Crippen molar-refractivity contribution in [1.29, 1.82) is 0 Å². The van der Waals surface area contributed by atoms with Gasteiger partial charge in [-0.3, -0.25) is 14.3 Å². The molecule has 0 fully saturated rings. The highest BCUT2D eigenvalue weighted by Gasteiger charge is 2.25. The fraction of sp³-hybridized carbons (Fsp3) is 0.471. The van der Waals surface area contributed by atoms with Gasteiger partial charge in [-0.25, -0.2) is 0 Å². The molecule has 128 valence electrons. The highest BCUT2D eigenvalue weighted by atomic mass is 16.2. The molecule has 0 spiro atoms. The maximum absolute atomic E-state index is 12.6. The predicted octanol–water partition coefficient (Wildman–Crippen LogP) is 1.26. The first-order valence-electron chi connectivity index (χ1n) is 8.21. The molecule has 0 saturated heterocycles. The Balaban J connectivity index is 1.71. The van der Waals surface area contributed by atoms with Gasteiger partial charge < -0.3 is 14.8 Å². The Labute approximate surface area is 141 Å². The molecule has 0 aromatic carbocycles. The first-order valence-corrected chi connectivity index (χ1v) is 8.21. The first kappa shape index (κ1) is 16.3. The number of nitrogens with one attached hydrogen (secondary N) is 1. The van der Waals surface area contributed by atoms with Gasteiger partial charge in [-0.05, 0) is 24.1 Å². The molecule has 1 aliphatic rings. The van der Waals surface area contributed by atoms with Gasteiger partial charge in [-0.15, -0.1) is 0 Å². The number of amides is 2. The zero-order valence-electron chi connectivity index (χ0n) is 14.3. The first-order chi connectivity index (χ1) is 11.5. The molecule has 0 radical (unpaired) electrons. The Morgan fingerprint density at radius 1 is 1.33 bits per heavy atom. The molecule has 0 bridgehead atoms. The minimum atomic E-state index is -0.161. The third kappa shape index (κ3) is 3.20. The van der Waals surface area contributed by atoms with Crippen molar-refractivity contribution in [2.24, 2.45) is 13.0 Å². The summed E-state index contributed by atoms with van der Waals surface area (Å²) in [7, 11) is 1.86. The van der Waals surface area contributed by atoms with E-state index < -0.39 is 0 Å². The zero-order valence-corrected chi connectivity index (χ0v) is 14.3. The van der Waals surface area contributed by atoms with E-state index >= 15 is 0 Å². The fourth-order valence-electron chi connectivity index (χ4n) is 2.78. The van der Waals surface area contributed by atoms with E-state index in [0.29, 0.717) is 43.5 Å². The normalized spacial score (nSPS) is 13.9. The topological polar surface area (TPSA) is 72.2 Å². The second kappa shape index (κ2) is 6.51. The number of hydrogen-bond donors (Lipinski definition) is 1.